The smallest absolute Gasteiger partial charge is 0.254 e. The van der Waals surface area contributed by atoms with Gasteiger partial charge in [-0.15, -0.1) is 0 Å². The fourth-order valence-corrected chi connectivity index (χ4v) is 5.81. The molecule has 0 unspecified atom stereocenters. The molecule has 0 saturated carbocycles. The number of hydrogen-bond donors (Lipinski definition) is 0. The summed E-state index contributed by atoms with van der Waals surface area (Å²) in [5.41, 5.74) is 3.57. The maximum atomic E-state index is 12.8. The van der Waals surface area contributed by atoms with Crippen LogP contribution in [0.4, 0.5) is 0 Å². The van der Waals surface area contributed by atoms with Gasteiger partial charge in [0.05, 0.1) is 0 Å². The average molecular weight is 454 g/mol. The van der Waals surface area contributed by atoms with Crippen molar-refractivity contribution in [1.82, 2.24) is 14.8 Å². The predicted molar refractivity (Wildman–Crippen MR) is 126 cm³/mol. The molecule has 6 heteroatoms. The molecular weight excluding hydrogens is 422 g/mol. The van der Waals surface area contributed by atoms with Crippen LogP contribution in [0.5, 0.6) is 5.75 Å². The van der Waals surface area contributed by atoms with Crippen molar-refractivity contribution in [2.75, 3.05) is 26.2 Å². The summed E-state index contributed by atoms with van der Waals surface area (Å²) in [5, 5.41) is 0.370. The van der Waals surface area contributed by atoms with Gasteiger partial charge in [0.2, 0.25) is 0 Å². The first-order chi connectivity index (χ1) is 15.3. The molecule has 32 heavy (non-hydrogen) atoms. The highest BCUT2D eigenvalue weighted by Crippen LogP contribution is 2.43. The SMILES string of the molecule is CC1(C)Cc2cccc(CN3CCC4(CC3)CCN(C(=O)c3ccnc(Cl)c3)CC4)c2O1. The number of piperidine rings is 2. The van der Waals surface area contributed by atoms with Gasteiger partial charge in [0.25, 0.3) is 5.91 Å². The Morgan fingerprint density at radius 3 is 2.53 bits per heavy atom. The molecular formula is C26H32ClN3O2. The molecule has 2 aromatic rings. The van der Waals surface area contributed by atoms with Gasteiger partial charge in [-0.3, -0.25) is 9.69 Å². The highest BCUT2D eigenvalue weighted by atomic mass is 35.5. The Hall–Kier alpha value is -2.11. The molecule has 170 valence electrons. The molecule has 2 saturated heterocycles. The van der Waals surface area contributed by atoms with E-state index in [9.17, 15) is 4.79 Å². The molecule has 3 aliphatic rings. The molecule has 1 aromatic heterocycles. The van der Waals surface area contributed by atoms with Crippen molar-refractivity contribution < 1.29 is 9.53 Å². The quantitative estimate of drug-likeness (QED) is 0.616. The lowest BCUT2D eigenvalue weighted by atomic mass is 9.71. The average Bonchev–Trinajstić information content (AvgIpc) is 3.10. The van der Waals surface area contributed by atoms with E-state index >= 15 is 0 Å². The molecule has 3 aliphatic heterocycles. The topological polar surface area (TPSA) is 45.7 Å². The minimum Gasteiger partial charge on any atom is -0.487 e. The number of rotatable bonds is 3. The van der Waals surface area contributed by atoms with Crippen molar-refractivity contribution in [1.29, 1.82) is 0 Å². The van der Waals surface area contributed by atoms with Crippen molar-refractivity contribution in [3.63, 3.8) is 0 Å². The summed E-state index contributed by atoms with van der Waals surface area (Å²) in [6.07, 6.45) is 7.17. The lowest BCUT2D eigenvalue weighted by Gasteiger charge is -2.47. The molecule has 0 bridgehead atoms. The van der Waals surface area contributed by atoms with Gasteiger partial charge in [-0.1, -0.05) is 29.8 Å². The van der Waals surface area contributed by atoms with E-state index in [1.54, 1.807) is 18.3 Å². The molecule has 2 fully saturated rings. The van der Waals surface area contributed by atoms with Crippen LogP contribution in [0.2, 0.25) is 5.15 Å². The second-order valence-electron chi connectivity index (χ2n) is 10.4. The number of likely N-dealkylation sites (tertiary alicyclic amines) is 2. The number of carbonyl (C=O) groups excluding carboxylic acids is 1. The fraction of sp³-hybridized carbons (Fsp3) is 0.538. The Bertz CT molecular complexity index is 1000. The first-order valence-electron chi connectivity index (χ1n) is 11.8. The van der Waals surface area contributed by atoms with Crippen LogP contribution in [0.25, 0.3) is 0 Å². The number of aromatic nitrogens is 1. The van der Waals surface area contributed by atoms with Gasteiger partial charge in [-0.05, 0) is 75.7 Å². The monoisotopic (exact) mass is 453 g/mol. The molecule has 0 N–H and O–H groups in total. The first-order valence-corrected chi connectivity index (χ1v) is 12.1. The molecule has 0 radical (unpaired) electrons. The molecule has 0 atom stereocenters. The number of fused-ring (bicyclic) bond motifs is 1. The van der Waals surface area contributed by atoms with Gasteiger partial charge in [0.1, 0.15) is 16.5 Å². The van der Waals surface area contributed by atoms with Gasteiger partial charge >= 0.3 is 0 Å². The Morgan fingerprint density at radius 2 is 1.81 bits per heavy atom. The van der Waals surface area contributed by atoms with Crippen LogP contribution in [-0.4, -0.2) is 52.5 Å². The van der Waals surface area contributed by atoms with E-state index < -0.39 is 0 Å². The van der Waals surface area contributed by atoms with E-state index in [4.69, 9.17) is 16.3 Å². The first kappa shape index (κ1) is 21.7. The standard InChI is InChI=1S/C26H32ClN3O2/c1-25(2)17-20-4-3-5-21(23(20)32-25)18-29-12-7-26(8-13-29)9-14-30(15-10-26)24(31)19-6-11-28-22(27)16-19/h3-6,11,16H,7-10,12-15,17-18H2,1-2H3. The van der Waals surface area contributed by atoms with Gasteiger partial charge < -0.3 is 9.64 Å². The zero-order valence-electron chi connectivity index (χ0n) is 19.1. The fourth-order valence-electron chi connectivity index (χ4n) is 5.63. The van der Waals surface area contributed by atoms with Gasteiger partial charge in [0, 0.05) is 43.4 Å². The number of para-hydroxylation sites is 1. The minimum atomic E-state index is -0.0998. The van der Waals surface area contributed by atoms with Crippen LogP contribution in [0.1, 0.15) is 61.0 Å². The number of benzene rings is 1. The van der Waals surface area contributed by atoms with E-state index in [-0.39, 0.29) is 11.5 Å². The minimum absolute atomic E-state index is 0.0717. The van der Waals surface area contributed by atoms with Crippen molar-refractivity contribution >= 4 is 17.5 Å². The van der Waals surface area contributed by atoms with Gasteiger partial charge in [0.15, 0.2) is 0 Å². The van der Waals surface area contributed by atoms with Crippen molar-refractivity contribution in [3.05, 3.63) is 58.4 Å². The van der Waals surface area contributed by atoms with Crippen LogP contribution in [0, 0.1) is 5.41 Å². The van der Waals surface area contributed by atoms with Gasteiger partial charge in [-0.25, -0.2) is 4.98 Å². The second-order valence-corrected chi connectivity index (χ2v) is 10.8. The molecule has 4 heterocycles. The van der Waals surface area contributed by atoms with E-state index in [1.807, 2.05) is 4.90 Å². The zero-order chi connectivity index (χ0) is 22.3. The van der Waals surface area contributed by atoms with Crippen LogP contribution >= 0.6 is 11.6 Å². The molecule has 1 amide bonds. The lowest BCUT2D eigenvalue weighted by Crippen LogP contribution is -2.48. The Balaban J connectivity index is 1.16. The molecule has 1 aromatic carbocycles. The highest BCUT2D eigenvalue weighted by molar-refractivity contribution is 6.29. The normalized spacial score (nSPS) is 21.9. The number of pyridine rings is 1. The van der Waals surface area contributed by atoms with Crippen LogP contribution < -0.4 is 4.74 Å². The van der Waals surface area contributed by atoms with E-state index in [0.717, 1.165) is 57.7 Å². The van der Waals surface area contributed by atoms with Crippen molar-refractivity contribution in [2.45, 2.75) is 58.1 Å². The van der Waals surface area contributed by atoms with Crippen molar-refractivity contribution in [3.8, 4) is 5.75 Å². The number of halogens is 1. The number of carbonyl (C=O) groups is 1. The summed E-state index contributed by atoms with van der Waals surface area (Å²) < 4.78 is 6.28. The number of nitrogens with zero attached hydrogens (tertiary/aromatic N) is 3. The summed E-state index contributed by atoms with van der Waals surface area (Å²) in [6, 6.07) is 10.0. The number of ether oxygens (including phenoxy) is 1. The summed E-state index contributed by atoms with van der Waals surface area (Å²) in [4.78, 5) is 21.4. The maximum absolute atomic E-state index is 12.8. The van der Waals surface area contributed by atoms with Crippen LogP contribution in [0.15, 0.2) is 36.5 Å². The summed E-state index contributed by atoms with van der Waals surface area (Å²) in [7, 11) is 0. The molecule has 0 aliphatic carbocycles. The maximum Gasteiger partial charge on any atom is 0.254 e. The molecule has 5 rings (SSSR count). The highest BCUT2D eigenvalue weighted by Gasteiger charge is 2.39. The zero-order valence-corrected chi connectivity index (χ0v) is 19.8. The lowest BCUT2D eigenvalue weighted by molar-refractivity contribution is 0.0282. The third-order valence-corrected chi connectivity index (χ3v) is 7.77. The molecule has 1 spiro atoms. The third kappa shape index (κ3) is 4.38. The second kappa shape index (κ2) is 8.35. The number of hydrogen-bond acceptors (Lipinski definition) is 4. The van der Waals surface area contributed by atoms with Crippen LogP contribution in [-0.2, 0) is 13.0 Å². The van der Waals surface area contributed by atoms with Gasteiger partial charge in [-0.2, -0.15) is 0 Å². The van der Waals surface area contributed by atoms with E-state index in [0.29, 0.717) is 16.1 Å². The number of amides is 1. The predicted octanol–water partition coefficient (Wildman–Crippen LogP) is 4.97. The Kier molecular flexibility index (Phi) is 5.67. The third-order valence-electron chi connectivity index (χ3n) is 7.57. The van der Waals surface area contributed by atoms with Crippen molar-refractivity contribution in [2.24, 2.45) is 5.41 Å². The summed E-state index contributed by atoms with van der Waals surface area (Å²) >= 11 is 5.97. The van der Waals surface area contributed by atoms with E-state index in [1.165, 1.54) is 24.0 Å². The Labute approximate surface area is 195 Å². The Morgan fingerprint density at radius 1 is 1.09 bits per heavy atom. The van der Waals surface area contributed by atoms with E-state index in [2.05, 4.69) is 41.9 Å². The molecule has 5 nitrogen and oxygen atoms in total. The largest absolute Gasteiger partial charge is 0.487 e. The summed E-state index contributed by atoms with van der Waals surface area (Å²) in [6.45, 7) is 9.18. The van der Waals surface area contributed by atoms with Crippen LogP contribution in [0.3, 0.4) is 0 Å². The summed E-state index contributed by atoms with van der Waals surface area (Å²) in [5.74, 6) is 1.18.